The van der Waals surface area contributed by atoms with Crippen LogP contribution in [0.25, 0.3) is 6.08 Å². The Balaban J connectivity index is 1.48. The summed E-state index contributed by atoms with van der Waals surface area (Å²) in [5.74, 6) is 1.12. The highest BCUT2D eigenvalue weighted by Crippen LogP contribution is 2.28. The fourth-order valence-corrected chi connectivity index (χ4v) is 3.60. The molecular formula is C24H28ClN3O4. The molecule has 2 amide bonds. The van der Waals surface area contributed by atoms with Crippen molar-refractivity contribution in [3.63, 3.8) is 0 Å². The van der Waals surface area contributed by atoms with E-state index in [0.717, 1.165) is 5.56 Å². The van der Waals surface area contributed by atoms with Crippen molar-refractivity contribution in [1.82, 2.24) is 9.80 Å². The lowest BCUT2D eigenvalue weighted by Gasteiger charge is -2.33. The van der Waals surface area contributed by atoms with Crippen LogP contribution in [-0.2, 0) is 9.59 Å². The van der Waals surface area contributed by atoms with Crippen molar-refractivity contribution >= 4 is 35.2 Å². The molecule has 7 nitrogen and oxygen atoms in total. The average Bonchev–Trinajstić information content (AvgIpc) is 2.80. The van der Waals surface area contributed by atoms with E-state index in [4.69, 9.17) is 21.1 Å². The summed E-state index contributed by atoms with van der Waals surface area (Å²) in [6.45, 7) is 5.12. The molecule has 1 N–H and O–H groups in total. The predicted octanol–water partition coefficient (Wildman–Crippen LogP) is 3.54. The second-order valence-corrected chi connectivity index (χ2v) is 7.71. The number of methoxy groups -OCH3 is 1. The van der Waals surface area contributed by atoms with Crippen LogP contribution in [0.4, 0.5) is 5.69 Å². The maximum atomic E-state index is 12.6. The molecule has 32 heavy (non-hydrogen) atoms. The van der Waals surface area contributed by atoms with Gasteiger partial charge in [0.1, 0.15) is 0 Å². The topological polar surface area (TPSA) is 71.1 Å². The van der Waals surface area contributed by atoms with Crippen molar-refractivity contribution < 1.29 is 19.1 Å². The van der Waals surface area contributed by atoms with Crippen LogP contribution in [0.3, 0.4) is 0 Å². The van der Waals surface area contributed by atoms with Crippen LogP contribution in [0.1, 0.15) is 12.5 Å². The van der Waals surface area contributed by atoms with Crippen LogP contribution >= 0.6 is 11.6 Å². The number of rotatable bonds is 8. The van der Waals surface area contributed by atoms with Crippen molar-refractivity contribution in [3.05, 3.63) is 59.1 Å². The first-order chi connectivity index (χ1) is 15.5. The van der Waals surface area contributed by atoms with Gasteiger partial charge in [-0.15, -0.1) is 0 Å². The summed E-state index contributed by atoms with van der Waals surface area (Å²) in [7, 11) is 1.59. The minimum atomic E-state index is -0.123. The van der Waals surface area contributed by atoms with Gasteiger partial charge in [0.25, 0.3) is 0 Å². The van der Waals surface area contributed by atoms with E-state index in [9.17, 15) is 9.59 Å². The molecule has 1 saturated heterocycles. The molecule has 8 heteroatoms. The van der Waals surface area contributed by atoms with Crippen LogP contribution < -0.4 is 14.8 Å². The molecule has 0 bridgehead atoms. The highest BCUT2D eigenvalue weighted by Gasteiger charge is 2.21. The summed E-state index contributed by atoms with van der Waals surface area (Å²) in [4.78, 5) is 28.7. The first kappa shape index (κ1) is 23.6. The Morgan fingerprint density at radius 2 is 1.84 bits per heavy atom. The molecule has 2 aromatic carbocycles. The van der Waals surface area contributed by atoms with Gasteiger partial charge in [-0.2, -0.15) is 0 Å². The molecule has 2 aromatic rings. The Morgan fingerprint density at radius 1 is 1.09 bits per heavy atom. The number of benzene rings is 2. The quantitative estimate of drug-likeness (QED) is 0.614. The number of ether oxygens (including phenoxy) is 2. The molecule has 0 spiro atoms. The second kappa shape index (κ2) is 11.5. The van der Waals surface area contributed by atoms with Crippen molar-refractivity contribution in [2.75, 3.05) is 51.8 Å². The zero-order valence-corrected chi connectivity index (χ0v) is 19.1. The number of carbonyl (C=O) groups is 2. The number of hydrogen-bond donors (Lipinski definition) is 1. The number of halogens is 1. The smallest absolute Gasteiger partial charge is 0.246 e. The zero-order valence-electron chi connectivity index (χ0n) is 18.3. The number of amides is 2. The number of hydrogen-bond acceptors (Lipinski definition) is 5. The van der Waals surface area contributed by atoms with E-state index >= 15 is 0 Å². The summed E-state index contributed by atoms with van der Waals surface area (Å²) >= 11 is 6.09. The highest BCUT2D eigenvalue weighted by atomic mass is 35.5. The molecule has 1 fully saturated rings. The lowest BCUT2D eigenvalue weighted by atomic mass is 10.2. The van der Waals surface area contributed by atoms with Crippen LogP contribution in [0.15, 0.2) is 48.5 Å². The van der Waals surface area contributed by atoms with Gasteiger partial charge in [0, 0.05) is 32.3 Å². The maximum Gasteiger partial charge on any atom is 0.246 e. The van der Waals surface area contributed by atoms with Crippen molar-refractivity contribution in [1.29, 1.82) is 0 Å². The number of nitrogens with zero attached hydrogens (tertiary/aromatic N) is 2. The van der Waals surface area contributed by atoms with Gasteiger partial charge in [0.15, 0.2) is 11.5 Å². The molecular weight excluding hydrogens is 430 g/mol. The standard InChI is InChI=1S/C24H28ClN3O4/c1-3-32-21-10-8-18(16-22(21)31-2)9-11-24(30)28-14-12-27(13-15-28)17-23(29)26-20-7-5-4-6-19(20)25/h4-11,16H,3,12-15,17H2,1-2H3,(H,26,29). The Kier molecular flexibility index (Phi) is 8.53. The van der Waals surface area contributed by atoms with Gasteiger partial charge >= 0.3 is 0 Å². The van der Waals surface area contributed by atoms with Crippen molar-refractivity contribution in [2.24, 2.45) is 0 Å². The van der Waals surface area contributed by atoms with Gasteiger partial charge in [0.2, 0.25) is 11.8 Å². The zero-order chi connectivity index (χ0) is 22.9. The minimum absolute atomic E-state index is 0.0574. The molecule has 0 radical (unpaired) electrons. The average molecular weight is 458 g/mol. The lowest BCUT2D eigenvalue weighted by Crippen LogP contribution is -2.50. The van der Waals surface area contributed by atoms with E-state index < -0.39 is 0 Å². The normalized spacial score (nSPS) is 14.4. The maximum absolute atomic E-state index is 12.6. The van der Waals surface area contributed by atoms with Crippen molar-refractivity contribution in [3.8, 4) is 11.5 Å². The molecule has 1 heterocycles. The Hall–Kier alpha value is -3.03. The fourth-order valence-electron chi connectivity index (χ4n) is 3.42. The second-order valence-electron chi connectivity index (χ2n) is 7.31. The van der Waals surface area contributed by atoms with Crippen molar-refractivity contribution in [2.45, 2.75) is 6.92 Å². The molecule has 1 aliphatic rings. The van der Waals surface area contributed by atoms with Gasteiger partial charge in [-0.05, 0) is 42.8 Å². The minimum Gasteiger partial charge on any atom is -0.493 e. The third-order valence-electron chi connectivity index (χ3n) is 5.11. The summed E-state index contributed by atoms with van der Waals surface area (Å²) in [6, 6.07) is 12.7. The van der Waals surface area contributed by atoms with E-state index in [1.807, 2.05) is 42.2 Å². The first-order valence-corrected chi connectivity index (χ1v) is 10.9. The van der Waals surface area contributed by atoms with E-state index in [0.29, 0.717) is 55.0 Å². The number of anilines is 1. The number of piperazine rings is 1. The highest BCUT2D eigenvalue weighted by molar-refractivity contribution is 6.33. The van der Waals surface area contributed by atoms with Gasteiger partial charge < -0.3 is 19.7 Å². The largest absolute Gasteiger partial charge is 0.493 e. The lowest BCUT2D eigenvalue weighted by molar-refractivity contribution is -0.127. The van der Waals surface area contributed by atoms with E-state index in [1.54, 1.807) is 36.3 Å². The van der Waals surface area contributed by atoms with Gasteiger partial charge in [-0.25, -0.2) is 0 Å². The fraction of sp³-hybridized carbons (Fsp3) is 0.333. The molecule has 0 aromatic heterocycles. The van der Waals surface area contributed by atoms with Gasteiger partial charge in [-0.3, -0.25) is 14.5 Å². The molecule has 0 atom stereocenters. The molecule has 1 aliphatic heterocycles. The summed E-state index contributed by atoms with van der Waals surface area (Å²) in [5.41, 5.74) is 1.46. The Labute approximate surface area is 193 Å². The molecule has 0 aliphatic carbocycles. The summed E-state index contributed by atoms with van der Waals surface area (Å²) in [6.07, 6.45) is 3.33. The number of para-hydroxylation sites is 1. The predicted molar refractivity (Wildman–Crippen MR) is 126 cm³/mol. The third kappa shape index (κ3) is 6.48. The SMILES string of the molecule is CCOc1ccc(C=CC(=O)N2CCN(CC(=O)Nc3ccccc3Cl)CC2)cc1OC. The monoisotopic (exact) mass is 457 g/mol. The summed E-state index contributed by atoms with van der Waals surface area (Å²) < 4.78 is 10.9. The van der Waals surface area contributed by atoms with Crippen LogP contribution in [0.5, 0.6) is 11.5 Å². The van der Waals surface area contributed by atoms with Crippen LogP contribution in [0.2, 0.25) is 5.02 Å². The first-order valence-electron chi connectivity index (χ1n) is 10.5. The molecule has 0 saturated carbocycles. The Bertz CT molecular complexity index is 971. The Morgan fingerprint density at radius 3 is 2.53 bits per heavy atom. The number of carbonyl (C=O) groups excluding carboxylic acids is 2. The summed E-state index contributed by atoms with van der Waals surface area (Å²) in [5, 5.41) is 3.34. The van der Waals surface area contributed by atoms with Crippen LogP contribution in [0, 0.1) is 0 Å². The molecule has 0 unspecified atom stereocenters. The molecule has 170 valence electrons. The van der Waals surface area contributed by atoms with E-state index in [1.165, 1.54) is 0 Å². The van der Waals surface area contributed by atoms with E-state index in [2.05, 4.69) is 5.32 Å². The van der Waals surface area contributed by atoms with E-state index in [-0.39, 0.29) is 18.4 Å². The van der Waals surface area contributed by atoms with Crippen LogP contribution in [-0.4, -0.2) is 68.1 Å². The number of nitrogens with one attached hydrogen (secondary N) is 1. The third-order valence-corrected chi connectivity index (χ3v) is 5.43. The molecule has 3 rings (SSSR count). The van der Waals surface area contributed by atoms with Gasteiger partial charge in [0.05, 0.1) is 31.0 Å². The van der Waals surface area contributed by atoms with Gasteiger partial charge in [-0.1, -0.05) is 29.8 Å².